The second-order valence-corrected chi connectivity index (χ2v) is 7.34. The number of benzene rings is 1. The van der Waals surface area contributed by atoms with E-state index < -0.39 is 0 Å². The Labute approximate surface area is 130 Å². The number of aromatic nitrogens is 1. The molecule has 1 fully saturated rings. The maximum absolute atomic E-state index is 5.78. The maximum atomic E-state index is 5.78. The number of hydrogen-bond acceptors (Lipinski definition) is 4. The number of nitrogens with one attached hydrogen (secondary N) is 1. The summed E-state index contributed by atoms with van der Waals surface area (Å²) in [4.78, 5) is 4.56. The molecule has 112 valence electrons. The van der Waals surface area contributed by atoms with Gasteiger partial charge in [0.25, 0.3) is 0 Å². The summed E-state index contributed by atoms with van der Waals surface area (Å²) in [5.41, 5.74) is 3.38. The van der Waals surface area contributed by atoms with Gasteiger partial charge in [-0.3, -0.25) is 0 Å². The zero-order valence-electron chi connectivity index (χ0n) is 12.8. The van der Waals surface area contributed by atoms with Gasteiger partial charge in [-0.15, -0.1) is 11.3 Å². The fourth-order valence-corrected chi connectivity index (χ4v) is 3.48. The van der Waals surface area contributed by atoms with E-state index in [0.717, 1.165) is 30.2 Å². The van der Waals surface area contributed by atoms with Crippen LogP contribution in [0.4, 0.5) is 5.69 Å². The van der Waals surface area contributed by atoms with Crippen LogP contribution in [-0.4, -0.2) is 23.2 Å². The standard InChI is InChI=1S/C17H22N2OS/c1-12-18-16(11-21-12)13-5-4-6-14(9-13)19-15-7-8-20-17(2,3)10-15/h4-6,9,11,15,19H,7-8,10H2,1-3H3. The van der Waals surface area contributed by atoms with Crippen molar-refractivity contribution >= 4 is 17.0 Å². The molecule has 0 bridgehead atoms. The fraction of sp³-hybridized carbons (Fsp3) is 0.471. The molecular weight excluding hydrogens is 280 g/mol. The topological polar surface area (TPSA) is 34.2 Å². The summed E-state index contributed by atoms with van der Waals surface area (Å²) in [6.45, 7) is 7.20. The second kappa shape index (κ2) is 5.78. The van der Waals surface area contributed by atoms with E-state index in [2.05, 4.69) is 53.8 Å². The second-order valence-electron chi connectivity index (χ2n) is 6.27. The van der Waals surface area contributed by atoms with Gasteiger partial charge in [0.15, 0.2) is 0 Å². The molecule has 3 nitrogen and oxygen atoms in total. The van der Waals surface area contributed by atoms with E-state index >= 15 is 0 Å². The van der Waals surface area contributed by atoms with Gasteiger partial charge in [0.1, 0.15) is 0 Å². The molecule has 1 aromatic carbocycles. The number of anilines is 1. The average molecular weight is 302 g/mol. The molecule has 1 N–H and O–H groups in total. The Morgan fingerprint density at radius 3 is 2.95 bits per heavy atom. The number of rotatable bonds is 3. The zero-order valence-corrected chi connectivity index (χ0v) is 13.7. The van der Waals surface area contributed by atoms with Crippen LogP contribution < -0.4 is 5.32 Å². The third-order valence-electron chi connectivity index (χ3n) is 3.85. The van der Waals surface area contributed by atoms with E-state index in [9.17, 15) is 0 Å². The molecule has 2 aromatic rings. The maximum Gasteiger partial charge on any atom is 0.0901 e. The van der Waals surface area contributed by atoms with Crippen LogP contribution in [0.2, 0.25) is 0 Å². The van der Waals surface area contributed by atoms with Gasteiger partial charge in [-0.2, -0.15) is 0 Å². The van der Waals surface area contributed by atoms with Crippen LogP contribution >= 0.6 is 11.3 Å². The van der Waals surface area contributed by atoms with Crippen LogP contribution in [0, 0.1) is 6.92 Å². The van der Waals surface area contributed by atoms with Crippen LogP contribution in [0.15, 0.2) is 29.6 Å². The minimum Gasteiger partial charge on any atom is -0.382 e. The minimum absolute atomic E-state index is 0.0282. The highest BCUT2D eigenvalue weighted by Crippen LogP contribution is 2.28. The van der Waals surface area contributed by atoms with Crippen molar-refractivity contribution in [1.29, 1.82) is 0 Å². The van der Waals surface area contributed by atoms with Crippen molar-refractivity contribution in [1.82, 2.24) is 4.98 Å². The third kappa shape index (κ3) is 3.63. The molecule has 1 aliphatic heterocycles. The fourth-order valence-electron chi connectivity index (χ4n) is 2.86. The molecule has 2 heterocycles. The molecule has 1 aliphatic rings. The van der Waals surface area contributed by atoms with Crippen molar-refractivity contribution in [2.24, 2.45) is 0 Å². The highest BCUT2D eigenvalue weighted by molar-refractivity contribution is 7.09. The summed E-state index contributed by atoms with van der Waals surface area (Å²) in [6.07, 6.45) is 2.09. The van der Waals surface area contributed by atoms with Gasteiger partial charge in [0.05, 0.1) is 16.3 Å². The van der Waals surface area contributed by atoms with E-state index in [1.54, 1.807) is 11.3 Å². The lowest BCUT2D eigenvalue weighted by Crippen LogP contribution is -2.40. The van der Waals surface area contributed by atoms with Gasteiger partial charge in [-0.1, -0.05) is 12.1 Å². The smallest absolute Gasteiger partial charge is 0.0901 e. The SMILES string of the molecule is Cc1nc(-c2cccc(NC3CCOC(C)(C)C3)c2)cs1. The summed E-state index contributed by atoms with van der Waals surface area (Å²) in [5, 5.41) is 6.87. The molecule has 4 heteroatoms. The molecule has 3 rings (SSSR count). The van der Waals surface area contributed by atoms with Gasteiger partial charge in [-0.05, 0) is 45.7 Å². The first-order chi connectivity index (χ1) is 10.0. The molecule has 0 aliphatic carbocycles. The van der Waals surface area contributed by atoms with Crippen LogP contribution in [0.1, 0.15) is 31.7 Å². The summed E-state index contributed by atoms with van der Waals surface area (Å²) >= 11 is 1.69. The highest BCUT2D eigenvalue weighted by atomic mass is 32.1. The van der Waals surface area contributed by atoms with Crippen molar-refractivity contribution in [3.8, 4) is 11.3 Å². The average Bonchev–Trinajstić information content (AvgIpc) is 2.85. The summed E-state index contributed by atoms with van der Waals surface area (Å²) in [6, 6.07) is 9.01. The Balaban J connectivity index is 1.74. The monoisotopic (exact) mass is 302 g/mol. The van der Waals surface area contributed by atoms with Gasteiger partial charge < -0.3 is 10.1 Å². The predicted octanol–water partition coefficient (Wildman–Crippen LogP) is 4.49. The van der Waals surface area contributed by atoms with Crippen molar-refractivity contribution < 1.29 is 4.74 Å². The summed E-state index contributed by atoms with van der Waals surface area (Å²) in [7, 11) is 0. The van der Waals surface area contributed by atoms with E-state index in [4.69, 9.17) is 4.74 Å². The molecule has 0 amide bonds. The number of ether oxygens (including phenoxy) is 1. The molecule has 1 unspecified atom stereocenters. The Hall–Kier alpha value is -1.39. The summed E-state index contributed by atoms with van der Waals surface area (Å²) in [5.74, 6) is 0. The molecule has 0 saturated carbocycles. The van der Waals surface area contributed by atoms with Crippen molar-refractivity contribution in [2.75, 3.05) is 11.9 Å². The largest absolute Gasteiger partial charge is 0.382 e. The highest BCUT2D eigenvalue weighted by Gasteiger charge is 2.28. The van der Waals surface area contributed by atoms with Crippen molar-refractivity contribution in [2.45, 2.75) is 45.3 Å². The first-order valence-electron chi connectivity index (χ1n) is 7.45. The molecular formula is C17H22N2OS. The molecule has 21 heavy (non-hydrogen) atoms. The van der Waals surface area contributed by atoms with Crippen molar-refractivity contribution in [3.05, 3.63) is 34.7 Å². The molecule has 1 atom stereocenters. The summed E-state index contributed by atoms with van der Waals surface area (Å²) < 4.78 is 5.78. The quantitative estimate of drug-likeness (QED) is 0.907. The van der Waals surface area contributed by atoms with Crippen LogP contribution in [0.25, 0.3) is 11.3 Å². The number of nitrogens with zero attached hydrogens (tertiary/aromatic N) is 1. The van der Waals surface area contributed by atoms with E-state index in [1.807, 2.05) is 6.92 Å². The molecule has 0 radical (unpaired) electrons. The van der Waals surface area contributed by atoms with Gasteiger partial charge in [0.2, 0.25) is 0 Å². The van der Waals surface area contributed by atoms with E-state index in [0.29, 0.717) is 6.04 Å². The zero-order chi connectivity index (χ0) is 14.9. The van der Waals surface area contributed by atoms with Gasteiger partial charge >= 0.3 is 0 Å². The van der Waals surface area contributed by atoms with Gasteiger partial charge in [0, 0.05) is 29.3 Å². The Morgan fingerprint density at radius 1 is 1.38 bits per heavy atom. The predicted molar refractivity (Wildman–Crippen MR) is 89.0 cm³/mol. The number of thiazole rings is 1. The molecule has 1 aromatic heterocycles. The van der Waals surface area contributed by atoms with E-state index in [1.165, 1.54) is 11.3 Å². The van der Waals surface area contributed by atoms with Crippen LogP contribution in [0.3, 0.4) is 0 Å². The Morgan fingerprint density at radius 2 is 2.24 bits per heavy atom. The van der Waals surface area contributed by atoms with Crippen LogP contribution in [0.5, 0.6) is 0 Å². The normalized spacial score (nSPS) is 21.2. The lowest BCUT2D eigenvalue weighted by molar-refractivity contribution is -0.0553. The van der Waals surface area contributed by atoms with Gasteiger partial charge in [-0.25, -0.2) is 4.98 Å². The molecule has 0 spiro atoms. The minimum atomic E-state index is -0.0282. The number of hydrogen-bond donors (Lipinski definition) is 1. The number of aryl methyl sites for hydroxylation is 1. The van der Waals surface area contributed by atoms with Crippen LogP contribution in [-0.2, 0) is 4.74 Å². The lowest BCUT2D eigenvalue weighted by atomic mass is 9.93. The Bertz CT molecular complexity index is 621. The first-order valence-corrected chi connectivity index (χ1v) is 8.33. The lowest BCUT2D eigenvalue weighted by Gasteiger charge is -2.36. The first kappa shape index (κ1) is 14.5. The molecule has 1 saturated heterocycles. The Kier molecular flexibility index (Phi) is 4.00. The van der Waals surface area contributed by atoms with E-state index in [-0.39, 0.29) is 5.60 Å². The third-order valence-corrected chi connectivity index (χ3v) is 4.62. The van der Waals surface area contributed by atoms with Crippen molar-refractivity contribution in [3.63, 3.8) is 0 Å².